The molecular formula is C18H23NS. The van der Waals surface area contributed by atoms with Crippen molar-refractivity contribution in [2.75, 3.05) is 13.6 Å². The van der Waals surface area contributed by atoms with Gasteiger partial charge in [0.05, 0.1) is 0 Å². The molecule has 1 nitrogen and oxygen atoms in total. The molecule has 1 atom stereocenters. The monoisotopic (exact) mass is 285 g/mol. The molecule has 1 heterocycles. The van der Waals surface area contributed by atoms with Gasteiger partial charge in [-0.05, 0) is 72.7 Å². The highest BCUT2D eigenvalue weighted by Gasteiger charge is 2.35. The minimum absolute atomic E-state index is 0.325. The topological polar surface area (TPSA) is 12.0 Å². The van der Waals surface area contributed by atoms with Crippen LogP contribution in [-0.2, 0) is 18.3 Å². The van der Waals surface area contributed by atoms with Crippen LogP contribution in [0, 0.1) is 0 Å². The normalized spacial score (nSPS) is 21.6. The summed E-state index contributed by atoms with van der Waals surface area (Å²) in [5, 5.41) is 7.93. The molecule has 0 saturated carbocycles. The van der Waals surface area contributed by atoms with Gasteiger partial charge in [-0.15, -0.1) is 0 Å². The first kappa shape index (κ1) is 13.8. The Balaban J connectivity index is 1.88. The largest absolute Gasteiger partial charge is 0.319 e. The van der Waals surface area contributed by atoms with Crippen molar-refractivity contribution in [3.8, 4) is 0 Å². The van der Waals surface area contributed by atoms with E-state index >= 15 is 0 Å². The summed E-state index contributed by atoms with van der Waals surface area (Å²) in [6.07, 6.45) is 6.33. The fraction of sp³-hybridized carbons (Fsp3) is 0.444. The highest BCUT2D eigenvalue weighted by atomic mass is 32.1. The fourth-order valence-corrected chi connectivity index (χ4v) is 4.40. The molecule has 1 aromatic heterocycles. The van der Waals surface area contributed by atoms with Crippen molar-refractivity contribution < 1.29 is 0 Å². The third-order valence-corrected chi connectivity index (χ3v) is 5.41. The van der Waals surface area contributed by atoms with Gasteiger partial charge in [0.25, 0.3) is 0 Å². The summed E-state index contributed by atoms with van der Waals surface area (Å²) in [7, 11) is 2.09. The van der Waals surface area contributed by atoms with Crippen molar-refractivity contribution in [2.45, 2.75) is 37.5 Å². The average molecular weight is 285 g/mol. The second kappa shape index (κ2) is 6.11. The van der Waals surface area contributed by atoms with E-state index in [1.54, 1.807) is 11.1 Å². The zero-order valence-electron chi connectivity index (χ0n) is 12.2. The number of aryl methyl sites for hydroxylation is 2. The Kier molecular flexibility index (Phi) is 4.23. The van der Waals surface area contributed by atoms with E-state index in [1.807, 2.05) is 11.3 Å². The molecule has 0 aliphatic heterocycles. The SMILES string of the molecule is CNCC1(CCc2ccsc2)CCCc2ccccc21. The third-order valence-electron chi connectivity index (χ3n) is 4.68. The minimum atomic E-state index is 0.325. The van der Waals surface area contributed by atoms with E-state index < -0.39 is 0 Å². The quantitative estimate of drug-likeness (QED) is 0.869. The van der Waals surface area contributed by atoms with Crippen LogP contribution in [0.1, 0.15) is 36.0 Å². The maximum atomic E-state index is 3.45. The van der Waals surface area contributed by atoms with Crippen LogP contribution in [0.5, 0.6) is 0 Å². The third kappa shape index (κ3) is 2.68. The van der Waals surface area contributed by atoms with Crippen molar-refractivity contribution in [2.24, 2.45) is 0 Å². The van der Waals surface area contributed by atoms with Crippen LogP contribution in [0.4, 0.5) is 0 Å². The molecule has 3 rings (SSSR count). The second-order valence-electron chi connectivity index (χ2n) is 5.95. The molecule has 0 saturated heterocycles. The van der Waals surface area contributed by atoms with E-state index in [0.29, 0.717) is 5.41 Å². The lowest BCUT2D eigenvalue weighted by Crippen LogP contribution is -2.40. The average Bonchev–Trinajstić information content (AvgIpc) is 2.99. The molecule has 0 spiro atoms. The van der Waals surface area contributed by atoms with Gasteiger partial charge in [0.1, 0.15) is 0 Å². The van der Waals surface area contributed by atoms with E-state index in [0.717, 1.165) is 6.54 Å². The number of thiophene rings is 1. The van der Waals surface area contributed by atoms with Crippen LogP contribution in [-0.4, -0.2) is 13.6 Å². The van der Waals surface area contributed by atoms with Crippen molar-refractivity contribution in [3.05, 3.63) is 57.8 Å². The van der Waals surface area contributed by atoms with E-state index in [2.05, 4.69) is 53.5 Å². The van der Waals surface area contributed by atoms with E-state index in [-0.39, 0.29) is 0 Å². The summed E-state index contributed by atoms with van der Waals surface area (Å²) in [5.41, 5.74) is 4.98. The number of rotatable bonds is 5. The summed E-state index contributed by atoms with van der Waals surface area (Å²) in [4.78, 5) is 0. The molecular weight excluding hydrogens is 262 g/mol. The standard InChI is InChI=1S/C18H23NS/c1-19-14-18(11-8-15-9-12-20-13-15)10-4-6-16-5-2-3-7-17(16)18/h2-3,5,7,9,12-13,19H,4,6,8,10-11,14H2,1H3. The van der Waals surface area contributed by atoms with Crippen LogP contribution >= 0.6 is 11.3 Å². The fourth-order valence-electron chi connectivity index (χ4n) is 3.70. The van der Waals surface area contributed by atoms with Gasteiger partial charge in [-0.25, -0.2) is 0 Å². The molecule has 1 aromatic carbocycles. The molecule has 0 amide bonds. The van der Waals surface area contributed by atoms with E-state index in [4.69, 9.17) is 0 Å². The maximum Gasteiger partial charge on any atom is 0.00836 e. The molecule has 0 radical (unpaired) electrons. The lowest BCUT2D eigenvalue weighted by molar-refractivity contribution is 0.324. The van der Waals surface area contributed by atoms with Crippen LogP contribution < -0.4 is 5.32 Å². The Bertz CT molecular complexity index is 546. The highest BCUT2D eigenvalue weighted by Crippen LogP contribution is 2.40. The van der Waals surface area contributed by atoms with Crippen molar-refractivity contribution in [1.29, 1.82) is 0 Å². The van der Waals surface area contributed by atoms with Gasteiger partial charge in [-0.3, -0.25) is 0 Å². The summed E-state index contributed by atoms with van der Waals surface area (Å²) in [6, 6.07) is 11.3. The van der Waals surface area contributed by atoms with Gasteiger partial charge >= 0.3 is 0 Å². The molecule has 0 bridgehead atoms. The predicted molar refractivity (Wildman–Crippen MR) is 87.6 cm³/mol. The van der Waals surface area contributed by atoms with Gasteiger partial charge < -0.3 is 5.32 Å². The Morgan fingerprint density at radius 1 is 1.25 bits per heavy atom. The maximum absolute atomic E-state index is 3.45. The molecule has 1 aliphatic carbocycles. The molecule has 1 N–H and O–H groups in total. The Morgan fingerprint density at radius 3 is 2.95 bits per heavy atom. The molecule has 2 heteroatoms. The van der Waals surface area contributed by atoms with Crippen LogP contribution in [0.15, 0.2) is 41.1 Å². The molecule has 1 aliphatic rings. The molecule has 0 fully saturated rings. The summed E-state index contributed by atoms with van der Waals surface area (Å²) in [6.45, 7) is 1.09. The van der Waals surface area contributed by atoms with E-state index in [1.165, 1.54) is 37.7 Å². The number of benzene rings is 1. The van der Waals surface area contributed by atoms with Crippen LogP contribution in [0.3, 0.4) is 0 Å². The first-order valence-electron chi connectivity index (χ1n) is 7.58. The van der Waals surface area contributed by atoms with Gasteiger partial charge in [0, 0.05) is 12.0 Å². The van der Waals surface area contributed by atoms with Crippen molar-refractivity contribution in [3.63, 3.8) is 0 Å². The van der Waals surface area contributed by atoms with Gasteiger partial charge in [0.2, 0.25) is 0 Å². The first-order valence-corrected chi connectivity index (χ1v) is 8.52. The Morgan fingerprint density at radius 2 is 2.15 bits per heavy atom. The van der Waals surface area contributed by atoms with Crippen molar-refractivity contribution >= 4 is 11.3 Å². The van der Waals surface area contributed by atoms with E-state index in [9.17, 15) is 0 Å². The number of hydrogen-bond acceptors (Lipinski definition) is 2. The zero-order chi connectivity index (χ0) is 13.8. The molecule has 20 heavy (non-hydrogen) atoms. The lowest BCUT2D eigenvalue weighted by Gasteiger charge is -2.39. The summed E-state index contributed by atoms with van der Waals surface area (Å²) >= 11 is 1.81. The zero-order valence-corrected chi connectivity index (χ0v) is 13.0. The van der Waals surface area contributed by atoms with Gasteiger partial charge in [-0.1, -0.05) is 24.3 Å². The van der Waals surface area contributed by atoms with Gasteiger partial charge in [0.15, 0.2) is 0 Å². The molecule has 1 unspecified atom stereocenters. The van der Waals surface area contributed by atoms with Gasteiger partial charge in [-0.2, -0.15) is 11.3 Å². The summed E-state index contributed by atoms with van der Waals surface area (Å²) < 4.78 is 0. The van der Waals surface area contributed by atoms with Crippen molar-refractivity contribution in [1.82, 2.24) is 5.32 Å². The summed E-state index contributed by atoms with van der Waals surface area (Å²) in [5.74, 6) is 0. The lowest BCUT2D eigenvalue weighted by atomic mass is 9.67. The second-order valence-corrected chi connectivity index (χ2v) is 6.73. The number of likely N-dealkylation sites (N-methyl/N-ethyl adjacent to an activating group) is 1. The molecule has 106 valence electrons. The predicted octanol–water partition coefficient (Wildman–Crippen LogP) is 4.17. The smallest absolute Gasteiger partial charge is 0.00836 e. The first-order chi connectivity index (χ1) is 9.84. The minimum Gasteiger partial charge on any atom is -0.319 e. The number of hydrogen-bond donors (Lipinski definition) is 1. The van der Waals surface area contributed by atoms with Crippen LogP contribution in [0.2, 0.25) is 0 Å². The Labute approximate surface area is 126 Å². The number of fused-ring (bicyclic) bond motifs is 1. The molecule has 2 aromatic rings. The highest BCUT2D eigenvalue weighted by molar-refractivity contribution is 7.07. The number of nitrogens with one attached hydrogen (secondary N) is 1. The Hall–Kier alpha value is -1.12. The van der Waals surface area contributed by atoms with Crippen LogP contribution in [0.25, 0.3) is 0 Å².